The summed E-state index contributed by atoms with van der Waals surface area (Å²) >= 11 is 6.06. The van der Waals surface area contributed by atoms with Gasteiger partial charge in [0, 0.05) is 0 Å². The second-order valence-corrected chi connectivity index (χ2v) is 4.85. The topological polar surface area (TPSA) is 96.8 Å². The second kappa shape index (κ2) is 2.99. The van der Waals surface area contributed by atoms with Crippen LogP contribution in [0.1, 0.15) is 4.88 Å². The monoisotopic (exact) mass is 223 g/mol. The summed E-state index contributed by atoms with van der Waals surface area (Å²) in [6.45, 7) is 0. The van der Waals surface area contributed by atoms with Gasteiger partial charge in [-0.2, -0.15) is 5.26 Å². The van der Waals surface area contributed by atoms with Crippen LogP contribution in [0.15, 0.2) is 4.34 Å². The van der Waals surface area contributed by atoms with Crippen molar-refractivity contribution in [1.82, 2.24) is 4.98 Å². The molecule has 2 N–H and O–H groups in total. The van der Waals surface area contributed by atoms with Crippen molar-refractivity contribution in [2.45, 2.75) is 4.34 Å². The van der Waals surface area contributed by atoms with Gasteiger partial charge < -0.3 is 0 Å². The van der Waals surface area contributed by atoms with Crippen molar-refractivity contribution in [3.8, 4) is 6.07 Å². The molecule has 0 aliphatic heterocycles. The SMILES string of the molecule is N#Cc1sc(S(N)(=O)=O)nc1Cl. The number of rotatable bonds is 1. The highest BCUT2D eigenvalue weighted by atomic mass is 35.5. The molecule has 0 aromatic carbocycles. The molecule has 0 amide bonds. The van der Waals surface area contributed by atoms with Crippen LogP contribution in [0.2, 0.25) is 5.15 Å². The highest BCUT2D eigenvalue weighted by molar-refractivity contribution is 7.91. The number of nitrogens with two attached hydrogens (primary N) is 1. The van der Waals surface area contributed by atoms with Gasteiger partial charge in [0.1, 0.15) is 10.9 Å². The van der Waals surface area contributed by atoms with Crippen molar-refractivity contribution in [3.05, 3.63) is 10.0 Å². The lowest BCUT2D eigenvalue weighted by Crippen LogP contribution is -2.11. The Morgan fingerprint density at radius 2 is 2.25 bits per heavy atom. The van der Waals surface area contributed by atoms with Gasteiger partial charge in [-0.25, -0.2) is 18.5 Å². The number of sulfonamides is 1. The molecule has 5 nitrogen and oxygen atoms in total. The lowest BCUT2D eigenvalue weighted by molar-refractivity contribution is 0.597. The van der Waals surface area contributed by atoms with E-state index in [0.717, 1.165) is 0 Å². The number of halogens is 1. The number of hydrogen-bond donors (Lipinski definition) is 1. The molecular weight excluding hydrogens is 222 g/mol. The number of hydrogen-bond acceptors (Lipinski definition) is 5. The quantitative estimate of drug-likeness (QED) is 0.741. The minimum absolute atomic E-state index is 0.0423. The predicted octanol–water partition coefficient (Wildman–Crippen LogP) is 0.316. The van der Waals surface area contributed by atoms with E-state index in [2.05, 4.69) is 4.98 Å². The first-order valence-electron chi connectivity index (χ1n) is 2.54. The summed E-state index contributed by atoms with van der Waals surface area (Å²) in [5.74, 6) is 0. The first-order valence-corrected chi connectivity index (χ1v) is 5.28. The summed E-state index contributed by atoms with van der Waals surface area (Å²) < 4.78 is 21.0. The highest BCUT2D eigenvalue weighted by Gasteiger charge is 2.17. The Labute approximate surface area is 77.5 Å². The number of primary sulfonamides is 1. The summed E-state index contributed by atoms with van der Waals surface area (Å²) in [5, 5.41) is 13.0. The van der Waals surface area contributed by atoms with Crippen molar-refractivity contribution >= 4 is 33.0 Å². The lowest BCUT2D eigenvalue weighted by atomic mass is 10.6. The average molecular weight is 224 g/mol. The Bertz CT molecular complexity index is 443. The maximum atomic E-state index is 10.7. The Kier molecular flexibility index (Phi) is 2.34. The van der Waals surface area contributed by atoms with Crippen molar-refractivity contribution in [3.63, 3.8) is 0 Å². The fourth-order valence-electron chi connectivity index (χ4n) is 0.474. The molecule has 0 aliphatic carbocycles. The molecule has 0 spiro atoms. The summed E-state index contributed by atoms with van der Waals surface area (Å²) in [6, 6.07) is 1.69. The number of nitriles is 1. The molecular formula is C4H2ClN3O2S2. The van der Waals surface area contributed by atoms with E-state index in [-0.39, 0.29) is 14.4 Å². The standard InChI is InChI=1S/C4H2ClN3O2S2/c5-3-2(1-6)11-4(8-3)12(7,9)10/h(H2,7,9,10). The minimum Gasteiger partial charge on any atom is -0.223 e. The van der Waals surface area contributed by atoms with Crippen LogP contribution in [0.4, 0.5) is 0 Å². The second-order valence-electron chi connectivity index (χ2n) is 1.76. The zero-order valence-electron chi connectivity index (χ0n) is 5.48. The third-order valence-corrected chi connectivity index (χ3v) is 3.58. The lowest BCUT2D eigenvalue weighted by Gasteiger charge is -1.85. The maximum Gasteiger partial charge on any atom is 0.265 e. The van der Waals surface area contributed by atoms with Crippen LogP contribution in [0, 0.1) is 11.3 Å². The van der Waals surface area contributed by atoms with E-state index in [1.54, 1.807) is 6.07 Å². The Hall–Kier alpha value is -0.680. The predicted molar refractivity (Wildman–Crippen MR) is 43.2 cm³/mol. The van der Waals surface area contributed by atoms with Gasteiger partial charge in [-0.3, -0.25) is 0 Å². The van der Waals surface area contributed by atoms with Crippen LogP contribution in [0.3, 0.4) is 0 Å². The smallest absolute Gasteiger partial charge is 0.223 e. The van der Waals surface area contributed by atoms with Crippen LogP contribution in [-0.2, 0) is 10.0 Å². The molecule has 0 unspecified atom stereocenters. The molecule has 8 heteroatoms. The van der Waals surface area contributed by atoms with Gasteiger partial charge in [-0.15, -0.1) is 0 Å². The van der Waals surface area contributed by atoms with E-state index < -0.39 is 10.0 Å². The molecule has 0 saturated heterocycles. The molecule has 64 valence electrons. The summed E-state index contributed by atoms with van der Waals surface area (Å²) in [6.07, 6.45) is 0. The van der Waals surface area contributed by atoms with Gasteiger partial charge in [0.05, 0.1) is 0 Å². The summed E-state index contributed by atoms with van der Waals surface area (Å²) in [7, 11) is -3.84. The van der Waals surface area contributed by atoms with Gasteiger partial charge in [-0.05, 0) is 0 Å². The number of thiazole rings is 1. The molecule has 1 rings (SSSR count). The normalized spacial score (nSPS) is 11.1. The molecule has 0 aliphatic rings. The number of nitrogens with zero attached hydrogens (tertiary/aromatic N) is 2. The first-order chi connectivity index (χ1) is 5.45. The fraction of sp³-hybridized carbons (Fsp3) is 0. The molecule has 1 aromatic heterocycles. The maximum absolute atomic E-state index is 10.7. The highest BCUT2D eigenvalue weighted by Crippen LogP contribution is 2.24. The molecule has 0 saturated carbocycles. The molecule has 12 heavy (non-hydrogen) atoms. The number of aromatic nitrogens is 1. The van der Waals surface area contributed by atoms with Gasteiger partial charge in [0.15, 0.2) is 5.15 Å². The van der Waals surface area contributed by atoms with E-state index in [1.807, 2.05) is 0 Å². The van der Waals surface area contributed by atoms with Gasteiger partial charge in [0.2, 0.25) is 4.34 Å². The molecule has 0 atom stereocenters. The van der Waals surface area contributed by atoms with Gasteiger partial charge in [-0.1, -0.05) is 22.9 Å². The largest absolute Gasteiger partial charge is 0.265 e. The average Bonchev–Trinajstić information content (AvgIpc) is 2.29. The van der Waals surface area contributed by atoms with Crippen LogP contribution in [0.5, 0.6) is 0 Å². The molecule has 1 heterocycles. The third kappa shape index (κ3) is 1.73. The Morgan fingerprint density at radius 3 is 2.50 bits per heavy atom. The summed E-state index contributed by atoms with van der Waals surface area (Å²) in [4.78, 5) is 3.44. The van der Waals surface area contributed by atoms with Crippen molar-refractivity contribution in [2.75, 3.05) is 0 Å². The Balaban J connectivity index is 3.35. The minimum atomic E-state index is -3.84. The van der Waals surface area contributed by atoms with E-state index >= 15 is 0 Å². The fourth-order valence-corrected chi connectivity index (χ4v) is 2.24. The third-order valence-electron chi connectivity index (χ3n) is 0.911. The zero-order chi connectivity index (χ0) is 9.35. The Morgan fingerprint density at radius 1 is 1.67 bits per heavy atom. The van der Waals surface area contributed by atoms with Crippen molar-refractivity contribution < 1.29 is 8.42 Å². The van der Waals surface area contributed by atoms with E-state index in [4.69, 9.17) is 22.0 Å². The molecule has 1 aromatic rings. The zero-order valence-corrected chi connectivity index (χ0v) is 7.87. The van der Waals surface area contributed by atoms with Gasteiger partial charge in [0.25, 0.3) is 10.0 Å². The van der Waals surface area contributed by atoms with Gasteiger partial charge >= 0.3 is 0 Å². The van der Waals surface area contributed by atoms with Crippen LogP contribution >= 0.6 is 22.9 Å². The summed E-state index contributed by atoms with van der Waals surface area (Å²) in [5.41, 5.74) is 0. The van der Waals surface area contributed by atoms with Crippen molar-refractivity contribution in [1.29, 1.82) is 5.26 Å². The van der Waals surface area contributed by atoms with E-state index in [1.165, 1.54) is 0 Å². The van der Waals surface area contributed by atoms with Crippen LogP contribution in [0.25, 0.3) is 0 Å². The molecule has 0 fully saturated rings. The van der Waals surface area contributed by atoms with E-state index in [0.29, 0.717) is 11.3 Å². The van der Waals surface area contributed by atoms with Crippen LogP contribution < -0.4 is 5.14 Å². The molecule has 0 bridgehead atoms. The van der Waals surface area contributed by atoms with Crippen molar-refractivity contribution in [2.24, 2.45) is 5.14 Å². The van der Waals surface area contributed by atoms with Crippen LogP contribution in [-0.4, -0.2) is 13.4 Å². The molecule has 0 radical (unpaired) electrons. The van der Waals surface area contributed by atoms with E-state index in [9.17, 15) is 8.42 Å². The first kappa shape index (κ1) is 9.41.